The zero-order valence-electron chi connectivity index (χ0n) is 15.9. The smallest absolute Gasteiger partial charge is 0.254 e. The van der Waals surface area contributed by atoms with Crippen molar-refractivity contribution < 1.29 is 14.3 Å². The molecule has 0 spiro atoms. The van der Waals surface area contributed by atoms with Crippen molar-refractivity contribution in [2.24, 2.45) is 0 Å². The number of para-hydroxylation sites is 2. The summed E-state index contributed by atoms with van der Waals surface area (Å²) < 4.78 is 11.8. The molecule has 1 aliphatic rings. The summed E-state index contributed by atoms with van der Waals surface area (Å²) in [5, 5.41) is 2.75. The number of carbonyl (C=O) groups is 1. The van der Waals surface area contributed by atoms with Crippen molar-refractivity contribution in [1.29, 1.82) is 0 Å². The second kappa shape index (κ2) is 9.21. The molecule has 27 heavy (non-hydrogen) atoms. The third-order valence-corrected chi connectivity index (χ3v) is 4.34. The summed E-state index contributed by atoms with van der Waals surface area (Å²) in [6.45, 7) is 6.58. The maximum atomic E-state index is 11.8. The molecule has 7 heteroatoms. The van der Waals surface area contributed by atoms with Crippen LogP contribution in [0.3, 0.4) is 0 Å². The number of benzene rings is 1. The lowest BCUT2D eigenvalue weighted by atomic mass is 10.1. The van der Waals surface area contributed by atoms with E-state index in [0.29, 0.717) is 31.2 Å². The third-order valence-electron chi connectivity index (χ3n) is 4.34. The second-order valence-electron chi connectivity index (χ2n) is 6.34. The van der Waals surface area contributed by atoms with E-state index in [0.717, 1.165) is 30.9 Å². The van der Waals surface area contributed by atoms with Crippen LogP contribution in [0.1, 0.15) is 37.0 Å². The largest absolute Gasteiger partial charge is 0.490 e. The fraction of sp³-hybridized carbons (Fsp3) is 0.450. The number of rotatable bonds is 7. The van der Waals surface area contributed by atoms with E-state index in [1.54, 1.807) is 12.4 Å². The molecule has 1 aromatic heterocycles. The number of aromatic nitrogens is 2. The predicted molar refractivity (Wildman–Crippen MR) is 104 cm³/mol. The van der Waals surface area contributed by atoms with E-state index in [1.165, 1.54) is 0 Å². The molecule has 1 atom stereocenters. The Kier molecular flexibility index (Phi) is 6.46. The van der Waals surface area contributed by atoms with Gasteiger partial charge in [0.05, 0.1) is 18.7 Å². The van der Waals surface area contributed by atoms with Gasteiger partial charge in [0, 0.05) is 25.5 Å². The molecule has 1 saturated heterocycles. The van der Waals surface area contributed by atoms with E-state index < -0.39 is 0 Å². The molecule has 1 amide bonds. The fourth-order valence-corrected chi connectivity index (χ4v) is 3.08. The molecule has 0 bridgehead atoms. The quantitative estimate of drug-likeness (QED) is 0.807. The van der Waals surface area contributed by atoms with Gasteiger partial charge in [-0.15, -0.1) is 0 Å². The molecule has 7 nitrogen and oxygen atoms in total. The minimum absolute atomic E-state index is 0.0343. The summed E-state index contributed by atoms with van der Waals surface area (Å²) in [4.78, 5) is 22.7. The predicted octanol–water partition coefficient (Wildman–Crippen LogP) is 2.67. The molecule has 1 fully saturated rings. The normalized spacial score (nSPS) is 16.7. The Hall–Kier alpha value is -2.83. The van der Waals surface area contributed by atoms with Gasteiger partial charge in [0.1, 0.15) is 6.10 Å². The average molecular weight is 370 g/mol. The monoisotopic (exact) mass is 370 g/mol. The molecule has 3 rings (SSSR count). The van der Waals surface area contributed by atoms with Crippen LogP contribution in [0.5, 0.6) is 11.5 Å². The van der Waals surface area contributed by atoms with Gasteiger partial charge in [-0.25, -0.2) is 9.97 Å². The highest BCUT2D eigenvalue weighted by atomic mass is 16.5. The molecule has 144 valence electrons. The number of nitrogens with zero attached hydrogens (tertiary/aromatic N) is 3. The van der Waals surface area contributed by atoms with E-state index in [-0.39, 0.29) is 12.0 Å². The van der Waals surface area contributed by atoms with E-state index >= 15 is 0 Å². The Balaban J connectivity index is 1.65. The van der Waals surface area contributed by atoms with Gasteiger partial charge in [-0.05, 0) is 38.8 Å². The van der Waals surface area contributed by atoms with Gasteiger partial charge >= 0.3 is 0 Å². The highest BCUT2D eigenvalue weighted by molar-refractivity contribution is 5.93. The SMILES string of the molecule is CCNC(=O)c1cnc(N2CCCC(Oc3ccccc3OCC)C2)nc1. The third kappa shape index (κ3) is 4.87. The number of amides is 1. The molecular formula is C20H26N4O3. The van der Waals surface area contributed by atoms with Crippen molar-refractivity contribution in [1.82, 2.24) is 15.3 Å². The topological polar surface area (TPSA) is 76.6 Å². The van der Waals surface area contributed by atoms with Crippen molar-refractivity contribution in [3.63, 3.8) is 0 Å². The average Bonchev–Trinajstić information content (AvgIpc) is 2.70. The van der Waals surface area contributed by atoms with Crippen molar-refractivity contribution in [2.75, 3.05) is 31.1 Å². The molecule has 1 aliphatic heterocycles. The highest BCUT2D eigenvalue weighted by Gasteiger charge is 2.24. The number of ether oxygens (including phenoxy) is 2. The number of anilines is 1. The number of piperidine rings is 1. The minimum atomic E-state index is -0.156. The zero-order chi connectivity index (χ0) is 19.1. The number of carbonyl (C=O) groups excluding carboxylic acids is 1. The summed E-state index contributed by atoms with van der Waals surface area (Å²) >= 11 is 0. The molecule has 0 saturated carbocycles. The lowest BCUT2D eigenvalue weighted by Crippen LogP contribution is -2.42. The van der Waals surface area contributed by atoms with Crippen molar-refractivity contribution >= 4 is 11.9 Å². The molecule has 2 heterocycles. The molecule has 1 aromatic carbocycles. The molecule has 0 aliphatic carbocycles. The summed E-state index contributed by atoms with van der Waals surface area (Å²) in [6, 6.07) is 7.74. The molecule has 1 N–H and O–H groups in total. The van der Waals surface area contributed by atoms with Gasteiger partial charge in [-0.3, -0.25) is 4.79 Å². The van der Waals surface area contributed by atoms with Crippen LogP contribution in [0.4, 0.5) is 5.95 Å². The number of hydrogen-bond acceptors (Lipinski definition) is 6. The summed E-state index contributed by atoms with van der Waals surface area (Å²) in [6.07, 6.45) is 5.13. The molecule has 0 radical (unpaired) electrons. The van der Waals surface area contributed by atoms with Gasteiger partial charge in [0.15, 0.2) is 11.5 Å². The molecule has 1 unspecified atom stereocenters. The standard InChI is InChI=1S/C20H26N4O3/c1-3-21-19(25)15-12-22-20(23-13-15)24-11-7-8-16(14-24)27-18-10-6-5-9-17(18)26-4-2/h5-6,9-10,12-13,16H,3-4,7-8,11,14H2,1-2H3,(H,21,25). The Morgan fingerprint density at radius 1 is 1.22 bits per heavy atom. The van der Waals surface area contributed by atoms with Crippen LogP contribution in [-0.4, -0.2) is 48.2 Å². The van der Waals surface area contributed by atoms with E-state index in [4.69, 9.17) is 9.47 Å². The lowest BCUT2D eigenvalue weighted by Gasteiger charge is -2.33. The molecule has 2 aromatic rings. The maximum absolute atomic E-state index is 11.8. The van der Waals surface area contributed by atoms with Crippen molar-refractivity contribution in [3.05, 3.63) is 42.2 Å². The van der Waals surface area contributed by atoms with E-state index in [9.17, 15) is 4.79 Å². The Morgan fingerprint density at radius 2 is 1.96 bits per heavy atom. The number of hydrogen-bond donors (Lipinski definition) is 1. The first-order chi connectivity index (χ1) is 13.2. The van der Waals surface area contributed by atoms with Crippen LogP contribution >= 0.6 is 0 Å². The summed E-state index contributed by atoms with van der Waals surface area (Å²) in [7, 11) is 0. The summed E-state index contributed by atoms with van der Waals surface area (Å²) in [5.74, 6) is 1.99. The second-order valence-corrected chi connectivity index (χ2v) is 6.34. The van der Waals surface area contributed by atoms with Gasteiger partial charge in [0.2, 0.25) is 5.95 Å². The number of nitrogens with one attached hydrogen (secondary N) is 1. The van der Waals surface area contributed by atoms with Crippen LogP contribution in [-0.2, 0) is 0 Å². The van der Waals surface area contributed by atoms with Gasteiger partial charge in [0.25, 0.3) is 5.91 Å². The van der Waals surface area contributed by atoms with Crippen LogP contribution in [0.2, 0.25) is 0 Å². The lowest BCUT2D eigenvalue weighted by molar-refractivity contribution is 0.0955. The first kappa shape index (κ1) is 18.9. The van der Waals surface area contributed by atoms with Crippen molar-refractivity contribution in [3.8, 4) is 11.5 Å². The van der Waals surface area contributed by atoms with E-state index in [2.05, 4.69) is 20.2 Å². The van der Waals surface area contributed by atoms with Gasteiger partial charge in [-0.2, -0.15) is 0 Å². The van der Waals surface area contributed by atoms with Gasteiger partial charge in [-0.1, -0.05) is 12.1 Å². The van der Waals surface area contributed by atoms with E-state index in [1.807, 2.05) is 38.1 Å². The van der Waals surface area contributed by atoms with Crippen LogP contribution in [0.15, 0.2) is 36.7 Å². The summed E-state index contributed by atoms with van der Waals surface area (Å²) in [5.41, 5.74) is 0.469. The van der Waals surface area contributed by atoms with Crippen LogP contribution in [0.25, 0.3) is 0 Å². The Bertz CT molecular complexity index is 751. The minimum Gasteiger partial charge on any atom is -0.490 e. The zero-order valence-corrected chi connectivity index (χ0v) is 15.9. The Morgan fingerprint density at radius 3 is 2.67 bits per heavy atom. The highest BCUT2D eigenvalue weighted by Crippen LogP contribution is 2.29. The van der Waals surface area contributed by atoms with Crippen molar-refractivity contribution in [2.45, 2.75) is 32.8 Å². The molecular weight excluding hydrogens is 344 g/mol. The maximum Gasteiger partial charge on any atom is 0.254 e. The first-order valence-electron chi connectivity index (χ1n) is 9.45. The van der Waals surface area contributed by atoms with Crippen LogP contribution < -0.4 is 19.7 Å². The Labute approximate surface area is 159 Å². The first-order valence-corrected chi connectivity index (χ1v) is 9.45. The fourth-order valence-electron chi connectivity index (χ4n) is 3.08. The van der Waals surface area contributed by atoms with Gasteiger partial charge < -0.3 is 19.7 Å². The van der Waals surface area contributed by atoms with Crippen LogP contribution in [0, 0.1) is 0 Å².